The third-order valence-electron chi connectivity index (χ3n) is 0.779. The molecule has 0 aliphatic heterocycles. The van der Waals surface area contributed by atoms with Gasteiger partial charge in [-0.1, -0.05) is 13.0 Å². The molecule has 0 fully saturated rings. The Balaban J connectivity index is 3.17. The average Bonchev–Trinajstić information content (AvgIpc) is 1.68. The molecule has 0 aromatic carbocycles. The summed E-state index contributed by atoms with van der Waals surface area (Å²) in [5, 5.41) is 0. The minimum absolute atomic E-state index is 1.19. The van der Waals surface area contributed by atoms with Crippen molar-refractivity contribution in [1.82, 2.24) is 0 Å². The maximum atomic E-state index is 2.16. The Kier molecular flexibility index (Phi) is 4.31. The second kappa shape index (κ2) is 4.25. The fourth-order valence-corrected chi connectivity index (χ4v) is 0.933. The van der Waals surface area contributed by atoms with E-state index in [4.69, 9.17) is 0 Å². The first kappa shape index (κ1) is 7.09. The van der Waals surface area contributed by atoms with E-state index in [1.165, 1.54) is 10.7 Å². The predicted octanol–water partition coefficient (Wildman–Crippen LogP) is 2.66. The van der Waals surface area contributed by atoms with Crippen molar-refractivity contribution in [2.75, 3.05) is 5.75 Å². The van der Waals surface area contributed by atoms with Gasteiger partial charge in [-0.15, -0.1) is 11.8 Å². The molecule has 0 radical (unpaired) electrons. The topological polar surface area (TPSA) is 0 Å². The molecule has 0 heterocycles. The predicted molar refractivity (Wildman–Crippen MR) is 37.6 cm³/mol. The molecule has 42 valence electrons. The first-order chi connectivity index (χ1) is 3.31. The maximum Gasteiger partial charge on any atom is -0.00519 e. The molecule has 1 heteroatoms. The van der Waals surface area contributed by atoms with Gasteiger partial charge in [0.25, 0.3) is 0 Å². The van der Waals surface area contributed by atoms with Crippen molar-refractivity contribution in [3.8, 4) is 0 Å². The molecule has 0 amide bonds. The molecule has 0 atom stereocenters. The van der Waals surface area contributed by atoms with E-state index < -0.39 is 0 Å². The summed E-state index contributed by atoms with van der Waals surface area (Å²) in [5.74, 6) is 1.19. The molecule has 0 nitrogen and oxygen atoms in total. The van der Waals surface area contributed by atoms with Crippen LogP contribution in [0.2, 0.25) is 0 Å². The second-order valence-corrected chi connectivity index (χ2v) is 2.84. The Morgan fingerprint density at radius 1 is 1.71 bits per heavy atom. The van der Waals surface area contributed by atoms with Crippen molar-refractivity contribution in [3.05, 3.63) is 11.0 Å². The summed E-state index contributed by atoms with van der Waals surface area (Å²) in [5.41, 5.74) is 0. The lowest BCUT2D eigenvalue weighted by Crippen LogP contribution is -1.65. The lowest BCUT2D eigenvalue weighted by Gasteiger charge is -1.91. The highest BCUT2D eigenvalue weighted by molar-refractivity contribution is 8.03. The van der Waals surface area contributed by atoms with Gasteiger partial charge in [0.15, 0.2) is 0 Å². The van der Waals surface area contributed by atoms with Gasteiger partial charge in [-0.2, -0.15) is 0 Å². The average molecular weight is 116 g/mol. The largest absolute Gasteiger partial charge is 0.132 e. The van der Waals surface area contributed by atoms with Gasteiger partial charge >= 0.3 is 0 Å². The molecule has 7 heavy (non-hydrogen) atoms. The number of allylic oxidation sites excluding steroid dienone is 2. The van der Waals surface area contributed by atoms with Crippen LogP contribution in [0.5, 0.6) is 0 Å². The van der Waals surface area contributed by atoms with Crippen LogP contribution >= 0.6 is 11.8 Å². The van der Waals surface area contributed by atoms with Crippen LogP contribution in [-0.2, 0) is 0 Å². The van der Waals surface area contributed by atoms with Crippen molar-refractivity contribution in [2.24, 2.45) is 0 Å². The minimum Gasteiger partial charge on any atom is -0.132 e. The van der Waals surface area contributed by atoms with E-state index in [-0.39, 0.29) is 0 Å². The van der Waals surface area contributed by atoms with Gasteiger partial charge in [0.05, 0.1) is 0 Å². The van der Waals surface area contributed by atoms with E-state index in [9.17, 15) is 0 Å². The zero-order chi connectivity index (χ0) is 5.70. The van der Waals surface area contributed by atoms with Crippen LogP contribution in [-0.4, -0.2) is 5.75 Å². The zero-order valence-electron chi connectivity index (χ0n) is 5.19. The van der Waals surface area contributed by atoms with Crippen LogP contribution in [0, 0.1) is 0 Å². The third kappa shape index (κ3) is 3.93. The van der Waals surface area contributed by atoms with E-state index in [2.05, 4.69) is 26.8 Å². The Bertz CT molecular complexity index is 64.6. The zero-order valence-corrected chi connectivity index (χ0v) is 6.01. The summed E-state index contributed by atoms with van der Waals surface area (Å²) < 4.78 is 0. The van der Waals surface area contributed by atoms with E-state index >= 15 is 0 Å². The van der Waals surface area contributed by atoms with Crippen LogP contribution in [0.25, 0.3) is 0 Å². The van der Waals surface area contributed by atoms with Crippen molar-refractivity contribution in [2.45, 2.75) is 20.8 Å². The summed E-state index contributed by atoms with van der Waals surface area (Å²) in [6.45, 7) is 6.36. The van der Waals surface area contributed by atoms with Gasteiger partial charge in [0.2, 0.25) is 0 Å². The highest BCUT2D eigenvalue weighted by Crippen LogP contribution is 2.11. The first-order valence-corrected chi connectivity index (χ1v) is 3.55. The van der Waals surface area contributed by atoms with Crippen molar-refractivity contribution in [3.63, 3.8) is 0 Å². The molecule has 0 aromatic rings. The van der Waals surface area contributed by atoms with Crippen molar-refractivity contribution >= 4 is 11.8 Å². The monoisotopic (exact) mass is 116 g/mol. The molecular formula is C6H12S. The molecule has 0 N–H and O–H groups in total. The van der Waals surface area contributed by atoms with Crippen LogP contribution in [0.3, 0.4) is 0 Å². The van der Waals surface area contributed by atoms with Crippen LogP contribution in [0.1, 0.15) is 20.8 Å². The molecule has 0 aliphatic rings. The van der Waals surface area contributed by atoms with Gasteiger partial charge in [-0.3, -0.25) is 0 Å². The first-order valence-electron chi connectivity index (χ1n) is 2.57. The molecule has 0 bridgehead atoms. The Morgan fingerprint density at radius 2 is 2.29 bits per heavy atom. The number of rotatable bonds is 2. The van der Waals surface area contributed by atoms with Gasteiger partial charge in [-0.25, -0.2) is 0 Å². The van der Waals surface area contributed by atoms with Crippen molar-refractivity contribution < 1.29 is 0 Å². The lowest BCUT2D eigenvalue weighted by molar-refractivity contribution is 1.51. The molecule has 0 spiro atoms. The summed E-state index contributed by atoms with van der Waals surface area (Å²) in [4.78, 5) is 1.42. The van der Waals surface area contributed by atoms with Crippen LogP contribution < -0.4 is 0 Å². The summed E-state index contributed by atoms with van der Waals surface area (Å²) in [6, 6.07) is 0. The highest BCUT2D eigenvalue weighted by atomic mass is 32.2. The van der Waals surface area contributed by atoms with Crippen LogP contribution in [0.15, 0.2) is 11.0 Å². The van der Waals surface area contributed by atoms with Gasteiger partial charge in [0, 0.05) is 0 Å². The van der Waals surface area contributed by atoms with E-state index in [0.29, 0.717) is 0 Å². The summed E-state index contributed by atoms with van der Waals surface area (Å²) in [7, 11) is 0. The molecule has 0 saturated heterocycles. The standard InChI is InChI=1S/C6H12S/c1-4-6(3)7-5-2/h4H,5H2,1-3H3/b6-4-. The fraction of sp³-hybridized carbons (Fsp3) is 0.667. The van der Waals surface area contributed by atoms with Crippen molar-refractivity contribution in [1.29, 1.82) is 0 Å². The maximum absolute atomic E-state index is 2.16. The summed E-state index contributed by atoms with van der Waals surface area (Å²) >= 11 is 1.89. The van der Waals surface area contributed by atoms with Gasteiger partial charge < -0.3 is 0 Å². The number of hydrogen-bond donors (Lipinski definition) is 0. The minimum atomic E-state index is 1.19. The van der Waals surface area contributed by atoms with E-state index in [1.807, 2.05) is 11.8 Å². The van der Waals surface area contributed by atoms with E-state index in [0.717, 1.165) is 0 Å². The highest BCUT2D eigenvalue weighted by Gasteiger charge is 1.79. The fourth-order valence-electron chi connectivity index (χ4n) is 0.311. The van der Waals surface area contributed by atoms with E-state index in [1.54, 1.807) is 0 Å². The molecule has 0 aromatic heterocycles. The Labute approximate surface area is 50.0 Å². The smallest absolute Gasteiger partial charge is 0.00519 e. The van der Waals surface area contributed by atoms with Gasteiger partial charge in [-0.05, 0) is 24.5 Å². The molecule has 0 saturated carbocycles. The SMILES string of the molecule is C/C=C(/C)SCC. The quantitative estimate of drug-likeness (QED) is 0.534. The molecular weight excluding hydrogens is 104 g/mol. The summed E-state index contributed by atoms with van der Waals surface area (Å²) in [6.07, 6.45) is 2.13. The molecule has 0 unspecified atom stereocenters. The second-order valence-electron chi connectivity index (χ2n) is 1.33. The Hall–Kier alpha value is 0.0900. The number of thioether (sulfide) groups is 1. The number of hydrogen-bond acceptors (Lipinski definition) is 1. The van der Waals surface area contributed by atoms with Gasteiger partial charge in [0.1, 0.15) is 0 Å². The normalized spacial score (nSPS) is 12.1. The molecule has 0 rings (SSSR count). The molecule has 0 aliphatic carbocycles. The third-order valence-corrected chi connectivity index (χ3v) is 1.76. The lowest BCUT2D eigenvalue weighted by atomic mass is 10.6. The van der Waals surface area contributed by atoms with Crippen LogP contribution in [0.4, 0.5) is 0 Å². The Morgan fingerprint density at radius 3 is 2.43 bits per heavy atom.